The Bertz CT molecular complexity index is 506. The van der Waals surface area contributed by atoms with Gasteiger partial charge in [0.05, 0.1) is 6.42 Å². The van der Waals surface area contributed by atoms with Crippen molar-refractivity contribution in [2.45, 2.75) is 47.0 Å². The number of anilines is 1. The predicted octanol–water partition coefficient (Wildman–Crippen LogP) is 3.39. The molecule has 1 rings (SSSR count). The molecule has 0 saturated carbocycles. The quantitative estimate of drug-likeness (QED) is 0.837. The van der Waals surface area contributed by atoms with E-state index in [9.17, 15) is 9.59 Å². The summed E-state index contributed by atoms with van der Waals surface area (Å²) in [5.74, 6) is -1.03. The van der Waals surface area contributed by atoms with Gasteiger partial charge in [-0.25, -0.2) is 0 Å². The molecule has 4 heteroatoms. The van der Waals surface area contributed by atoms with Gasteiger partial charge in [0, 0.05) is 12.1 Å². The highest BCUT2D eigenvalue weighted by Crippen LogP contribution is 2.26. The zero-order valence-corrected chi connectivity index (χ0v) is 12.6. The van der Waals surface area contributed by atoms with Crippen LogP contribution in [0.1, 0.15) is 44.7 Å². The van der Waals surface area contributed by atoms with E-state index in [1.165, 1.54) is 11.1 Å². The monoisotopic (exact) mass is 277 g/mol. The van der Waals surface area contributed by atoms with Crippen LogP contribution in [0.3, 0.4) is 0 Å². The van der Waals surface area contributed by atoms with Crippen LogP contribution >= 0.6 is 0 Å². The van der Waals surface area contributed by atoms with Gasteiger partial charge in [-0.3, -0.25) is 9.59 Å². The molecule has 0 aliphatic carbocycles. The molecule has 0 atom stereocenters. The summed E-state index contributed by atoms with van der Waals surface area (Å²) in [6.07, 6.45) is 1.09. The van der Waals surface area contributed by atoms with Crippen LogP contribution < -0.4 is 5.32 Å². The number of rotatable bonds is 6. The SMILES string of the molecule is CCc1cc(NC(=O)CC(C)(C)CC(=O)O)ccc1C. The third-order valence-electron chi connectivity index (χ3n) is 3.28. The zero-order chi connectivity index (χ0) is 15.3. The summed E-state index contributed by atoms with van der Waals surface area (Å²) in [5, 5.41) is 11.7. The van der Waals surface area contributed by atoms with E-state index in [0.29, 0.717) is 0 Å². The second-order valence-corrected chi connectivity index (χ2v) is 5.95. The van der Waals surface area contributed by atoms with Crippen LogP contribution in [0, 0.1) is 12.3 Å². The van der Waals surface area contributed by atoms with Crippen molar-refractivity contribution < 1.29 is 14.7 Å². The van der Waals surface area contributed by atoms with Crippen molar-refractivity contribution in [3.05, 3.63) is 29.3 Å². The molecule has 1 aromatic carbocycles. The minimum absolute atomic E-state index is 0.0193. The highest BCUT2D eigenvalue weighted by molar-refractivity contribution is 5.91. The van der Waals surface area contributed by atoms with Gasteiger partial charge in [-0.05, 0) is 42.0 Å². The number of carboxylic acids is 1. The van der Waals surface area contributed by atoms with E-state index >= 15 is 0 Å². The molecule has 2 N–H and O–H groups in total. The average molecular weight is 277 g/mol. The lowest BCUT2D eigenvalue weighted by atomic mass is 9.85. The van der Waals surface area contributed by atoms with Gasteiger partial charge < -0.3 is 10.4 Å². The fourth-order valence-electron chi connectivity index (χ4n) is 2.24. The maximum atomic E-state index is 12.0. The Morgan fingerprint density at radius 2 is 1.90 bits per heavy atom. The van der Waals surface area contributed by atoms with Crippen LogP contribution in [0.5, 0.6) is 0 Å². The number of carbonyl (C=O) groups excluding carboxylic acids is 1. The van der Waals surface area contributed by atoms with Crippen molar-refractivity contribution >= 4 is 17.6 Å². The molecule has 1 aromatic rings. The molecule has 0 aliphatic rings. The molecule has 0 spiro atoms. The van der Waals surface area contributed by atoms with Crippen LogP contribution in [0.2, 0.25) is 0 Å². The Kier molecular flexibility index (Phi) is 5.31. The molecule has 0 radical (unpaired) electrons. The van der Waals surface area contributed by atoms with Crippen molar-refractivity contribution in [1.82, 2.24) is 0 Å². The van der Waals surface area contributed by atoms with E-state index in [1.807, 2.05) is 25.1 Å². The first kappa shape index (κ1) is 16.2. The smallest absolute Gasteiger partial charge is 0.303 e. The van der Waals surface area contributed by atoms with Gasteiger partial charge >= 0.3 is 5.97 Å². The van der Waals surface area contributed by atoms with Crippen molar-refractivity contribution in [3.63, 3.8) is 0 Å². The first-order valence-corrected chi connectivity index (χ1v) is 6.84. The van der Waals surface area contributed by atoms with Crippen LogP contribution in [0.25, 0.3) is 0 Å². The van der Waals surface area contributed by atoms with Crippen molar-refractivity contribution in [1.29, 1.82) is 0 Å². The van der Waals surface area contributed by atoms with Gasteiger partial charge in [-0.15, -0.1) is 0 Å². The van der Waals surface area contributed by atoms with Gasteiger partial charge in [0.2, 0.25) is 5.91 Å². The maximum absolute atomic E-state index is 12.0. The molecule has 0 saturated heterocycles. The highest BCUT2D eigenvalue weighted by atomic mass is 16.4. The van der Waals surface area contributed by atoms with Crippen LogP contribution in [-0.2, 0) is 16.0 Å². The van der Waals surface area contributed by atoms with E-state index in [1.54, 1.807) is 13.8 Å². The number of hydrogen-bond donors (Lipinski definition) is 2. The van der Waals surface area contributed by atoms with Gasteiger partial charge in [-0.2, -0.15) is 0 Å². The summed E-state index contributed by atoms with van der Waals surface area (Å²) < 4.78 is 0. The Hall–Kier alpha value is -1.84. The number of aliphatic carboxylic acids is 1. The molecule has 0 unspecified atom stereocenters. The number of aryl methyl sites for hydroxylation is 2. The van der Waals surface area contributed by atoms with Gasteiger partial charge in [-0.1, -0.05) is 26.8 Å². The standard InChI is InChI=1S/C16H23NO3/c1-5-12-8-13(7-6-11(12)2)17-14(18)9-16(3,4)10-15(19)20/h6-8H,5,9-10H2,1-4H3,(H,17,18)(H,19,20). The van der Waals surface area contributed by atoms with Crippen molar-refractivity contribution in [2.24, 2.45) is 5.41 Å². The summed E-state index contributed by atoms with van der Waals surface area (Å²) in [4.78, 5) is 22.7. The van der Waals surface area contributed by atoms with Gasteiger partial charge in [0.1, 0.15) is 0 Å². The fraction of sp³-hybridized carbons (Fsp3) is 0.500. The lowest BCUT2D eigenvalue weighted by molar-refractivity contribution is -0.139. The zero-order valence-electron chi connectivity index (χ0n) is 12.6. The molecule has 110 valence electrons. The minimum Gasteiger partial charge on any atom is -0.481 e. The molecule has 4 nitrogen and oxygen atoms in total. The third kappa shape index (κ3) is 5.03. The van der Waals surface area contributed by atoms with E-state index in [0.717, 1.165) is 12.1 Å². The number of carbonyl (C=O) groups is 2. The molecule has 0 fully saturated rings. The van der Waals surface area contributed by atoms with E-state index < -0.39 is 11.4 Å². The number of benzene rings is 1. The average Bonchev–Trinajstić information content (AvgIpc) is 2.28. The highest BCUT2D eigenvalue weighted by Gasteiger charge is 2.25. The molecule has 0 bridgehead atoms. The first-order chi connectivity index (χ1) is 9.23. The van der Waals surface area contributed by atoms with Crippen LogP contribution in [0.15, 0.2) is 18.2 Å². The molecule has 1 amide bonds. The molecular formula is C16H23NO3. The second-order valence-electron chi connectivity index (χ2n) is 5.95. The Labute approximate surface area is 120 Å². The summed E-state index contributed by atoms with van der Waals surface area (Å²) in [7, 11) is 0. The van der Waals surface area contributed by atoms with Crippen LogP contribution in [-0.4, -0.2) is 17.0 Å². The lowest BCUT2D eigenvalue weighted by Gasteiger charge is -2.21. The topological polar surface area (TPSA) is 66.4 Å². The van der Waals surface area contributed by atoms with E-state index in [2.05, 4.69) is 12.2 Å². The van der Waals surface area contributed by atoms with Crippen molar-refractivity contribution in [3.8, 4) is 0 Å². The van der Waals surface area contributed by atoms with E-state index in [4.69, 9.17) is 5.11 Å². The summed E-state index contributed by atoms with van der Waals surface area (Å²) in [5.41, 5.74) is 2.63. The molecule has 0 heterocycles. The third-order valence-corrected chi connectivity index (χ3v) is 3.28. The number of hydrogen-bond acceptors (Lipinski definition) is 2. The molecule has 0 aromatic heterocycles. The fourth-order valence-corrected chi connectivity index (χ4v) is 2.24. The van der Waals surface area contributed by atoms with Crippen molar-refractivity contribution in [2.75, 3.05) is 5.32 Å². The number of nitrogens with one attached hydrogen (secondary N) is 1. The Morgan fingerprint density at radius 1 is 1.25 bits per heavy atom. The molecule has 0 aliphatic heterocycles. The minimum atomic E-state index is -0.883. The normalized spacial score (nSPS) is 11.2. The second kappa shape index (κ2) is 6.55. The van der Waals surface area contributed by atoms with Gasteiger partial charge in [0.25, 0.3) is 0 Å². The molecular weight excluding hydrogens is 254 g/mol. The molecule has 20 heavy (non-hydrogen) atoms. The predicted molar refractivity (Wildman–Crippen MR) is 79.8 cm³/mol. The number of amides is 1. The maximum Gasteiger partial charge on any atom is 0.303 e. The summed E-state index contributed by atoms with van der Waals surface area (Å²) in [6.45, 7) is 7.69. The van der Waals surface area contributed by atoms with Crippen LogP contribution in [0.4, 0.5) is 5.69 Å². The summed E-state index contributed by atoms with van der Waals surface area (Å²) >= 11 is 0. The van der Waals surface area contributed by atoms with Gasteiger partial charge in [0.15, 0.2) is 0 Å². The first-order valence-electron chi connectivity index (χ1n) is 6.84. The Morgan fingerprint density at radius 3 is 2.45 bits per heavy atom. The summed E-state index contributed by atoms with van der Waals surface area (Å²) in [6, 6.07) is 5.82. The number of carboxylic acid groups (broad SMARTS) is 1. The largest absolute Gasteiger partial charge is 0.481 e. The Balaban J connectivity index is 2.69. The lowest BCUT2D eigenvalue weighted by Crippen LogP contribution is -2.24. The van der Waals surface area contributed by atoms with E-state index in [-0.39, 0.29) is 18.7 Å².